The average molecular weight is 336 g/mol. The first-order valence-corrected chi connectivity index (χ1v) is 8.02. The summed E-state index contributed by atoms with van der Waals surface area (Å²) in [6.07, 6.45) is 1.74. The second-order valence-electron chi connectivity index (χ2n) is 5.77. The third-order valence-corrected chi connectivity index (χ3v) is 4.02. The highest BCUT2D eigenvalue weighted by molar-refractivity contribution is 7.80. The van der Waals surface area contributed by atoms with Crippen LogP contribution in [0, 0.1) is 32.1 Å². The predicted octanol–water partition coefficient (Wildman–Crippen LogP) is 4.38. The Bertz CT molecular complexity index is 830. The molecule has 24 heavy (non-hydrogen) atoms. The van der Waals surface area contributed by atoms with Gasteiger partial charge in [0.2, 0.25) is 0 Å². The van der Waals surface area contributed by atoms with E-state index in [2.05, 4.69) is 6.07 Å². The summed E-state index contributed by atoms with van der Waals surface area (Å²) in [4.78, 5) is 0.107. The van der Waals surface area contributed by atoms with E-state index in [0.29, 0.717) is 12.2 Å². The lowest BCUT2D eigenvalue weighted by atomic mass is 9.98. The van der Waals surface area contributed by atoms with Gasteiger partial charge < -0.3 is 10.5 Å². The molecule has 0 aliphatic carbocycles. The van der Waals surface area contributed by atoms with E-state index in [4.69, 9.17) is 28.0 Å². The number of hydrogen-bond acceptors (Lipinski definition) is 3. The van der Waals surface area contributed by atoms with Gasteiger partial charge in [-0.2, -0.15) is 5.26 Å². The van der Waals surface area contributed by atoms with E-state index in [-0.39, 0.29) is 4.99 Å². The molecule has 122 valence electrons. The summed E-state index contributed by atoms with van der Waals surface area (Å²) in [5, 5.41) is 9.15. The lowest BCUT2D eigenvalue weighted by molar-refractivity contribution is 0.305. The van der Waals surface area contributed by atoms with Crippen molar-refractivity contribution < 1.29 is 4.74 Å². The summed E-state index contributed by atoms with van der Waals surface area (Å²) in [5.74, 6) is 0.833. The minimum absolute atomic E-state index is 0.107. The highest BCUT2D eigenvalue weighted by Crippen LogP contribution is 2.22. The zero-order valence-corrected chi connectivity index (χ0v) is 14.9. The second kappa shape index (κ2) is 7.76. The third kappa shape index (κ3) is 4.43. The van der Waals surface area contributed by atoms with Gasteiger partial charge in [-0.15, -0.1) is 0 Å². The smallest absolute Gasteiger partial charge is 0.119 e. The number of benzene rings is 2. The quantitative estimate of drug-likeness (QED) is 0.500. The SMILES string of the molecule is Cc1ccc(OCc2cc(C)cc(C=C(C#N)C(N)=S)c2C)cc1. The molecule has 0 aromatic heterocycles. The van der Waals surface area contributed by atoms with Crippen LogP contribution in [0.5, 0.6) is 5.75 Å². The molecule has 3 nitrogen and oxygen atoms in total. The first-order chi connectivity index (χ1) is 11.4. The molecule has 0 unspecified atom stereocenters. The second-order valence-corrected chi connectivity index (χ2v) is 6.21. The van der Waals surface area contributed by atoms with Gasteiger partial charge in [0.1, 0.15) is 23.4 Å². The highest BCUT2D eigenvalue weighted by Gasteiger charge is 2.08. The fourth-order valence-corrected chi connectivity index (χ4v) is 2.48. The normalized spacial score (nSPS) is 11.0. The van der Waals surface area contributed by atoms with Crippen LogP contribution in [-0.4, -0.2) is 4.99 Å². The molecule has 0 atom stereocenters. The maximum absolute atomic E-state index is 9.15. The van der Waals surface area contributed by atoms with Crippen LogP contribution in [0.1, 0.15) is 27.8 Å². The van der Waals surface area contributed by atoms with Crippen molar-refractivity contribution in [2.24, 2.45) is 5.73 Å². The van der Waals surface area contributed by atoms with Gasteiger partial charge in [-0.25, -0.2) is 0 Å². The minimum atomic E-state index is 0.107. The van der Waals surface area contributed by atoms with E-state index < -0.39 is 0 Å². The van der Waals surface area contributed by atoms with Gasteiger partial charge in [-0.3, -0.25) is 0 Å². The van der Waals surface area contributed by atoms with Crippen LogP contribution in [0.15, 0.2) is 42.0 Å². The summed E-state index contributed by atoms with van der Waals surface area (Å²) in [6.45, 7) is 6.53. The van der Waals surface area contributed by atoms with E-state index in [1.165, 1.54) is 5.56 Å². The number of rotatable bonds is 5. The molecule has 0 radical (unpaired) electrons. The molecule has 0 heterocycles. The lowest BCUT2D eigenvalue weighted by Crippen LogP contribution is -2.10. The van der Waals surface area contributed by atoms with Crippen molar-refractivity contribution in [3.8, 4) is 11.8 Å². The summed E-state index contributed by atoms with van der Waals surface area (Å²) in [5.41, 5.74) is 11.2. The van der Waals surface area contributed by atoms with E-state index >= 15 is 0 Å². The van der Waals surface area contributed by atoms with Gasteiger partial charge in [0, 0.05) is 0 Å². The number of hydrogen-bond donors (Lipinski definition) is 1. The van der Waals surface area contributed by atoms with E-state index in [1.807, 2.05) is 57.2 Å². The predicted molar refractivity (Wildman–Crippen MR) is 102 cm³/mol. The number of nitrogens with zero attached hydrogens (tertiary/aromatic N) is 1. The molecule has 2 aromatic rings. The fourth-order valence-electron chi connectivity index (χ4n) is 2.37. The summed E-state index contributed by atoms with van der Waals surface area (Å²) >= 11 is 4.91. The van der Waals surface area contributed by atoms with Gasteiger partial charge in [0.15, 0.2) is 0 Å². The maximum Gasteiger partial charge on any atom is 0.119 e. The van der Waals surface area contributed by atoms with E-state index in [0.717, 1.165) is 28.0 Å². The molecule has 0 spiro atoms. The van der Waals surface area contributed by atoms with Gasteiger partial charge >= 0.3 is 0 Å². The molecule has 0 aliphatic heterocycles. The molecule has 0 fully saturated rings. The number of nitrogens with two attached hydrogens (primary N) is 1. The number of aryl methyl sites for hydroxylation is 2. The van der Waals surface area contributed by atoms with Crippen LogP contribution in [0.2, 0.25) is 0 Å². The zero-order valence-electron chi connectivity index (χ0n) is 14.1. The van der Waals surface area contributed by atoms with Crippen molar-refractivity contribution in [2.45, 2.75) is 27.4 Å². The monoisotopic (exact) mass is 336 g/mol. The standard InChI is InChI=1S/C20H20N2OS/c1-13-4-6-19(7-5-13)23-12-18-9-14(2)8-16(15(18)3)10-17(11-21)20(22)24/h4-10H,12H2,1-3H3,(H2,22,24). The molecule has 2 aromatic carbocycles. The largest absolute Gasteiger partial charge is 0.489 e. The van der Waals surface area contributed by atoms with Crippen molar-refractivity contribution in [3.05, 3.63) is 69.8 Å². The lowest BCUT2D eigenvalue weighted by Gasteiger charge is -2.13. The van der Waals surface area contributed by atoms with Crippen LogP contribution in [-0.2, 0) is 6.61 Å². The Balaban J connectivity index is 2.30. The van der Waals surface area contributed by atoms with Crippen molar-refractivity contribution >= 4 is 23.3 Å². The first kappa shape index (κ1) is 17.7. The Morgan fingerprint density at radius 2 is 1.83 bits per heavy atom. The van der Waals surface area contributed by atoms with Gasteiger partial charge in [-0.1, -0.05) is 47.6 Å². The van der Waals surface area contributed by atoms with Crippen LogP contribution in [0.25, 0.3) is 6.08 Å². The van der Waals surface area contributed by atoms with Crippen molar-refractivity contribution in [2.75, 3.05) is 0 Å². The molecule has 0 amide bonds. The van der Waals surface area contributed by atoms with Crippen molar-refractivity contribution in [1.29, 1.82) is 5.26 Å². The number of thiocarbonyl (C=S) groups is 1. The first-order valence-electron chi connectivity index (χ1n) is 7.62. The van der Waals surface area contributed by atoms with Crippen molar-refractivity contribution in [3.63, 3.8) is 0 Å². The third-order valence-electron chi connectivity index (χ3n) is 3.80. The molecule has 0 aliphatic rings. The maximum atomic E-state index is 9.15. The molecule has 0 saturated heterocycles. The minimum Gasteiger partial charge on any atom is -0.489 e. The van der Waals surface area contributed by atoms with Gasteiger partial charge in [-0.05, 0) is 55.7 Å². The summed E-state index contributed by atoms with van der Waals surface area (Å²) in [6, 6.07) is 14.1. The van der Waals surface area contributed by atoms with Gasteiger partial charge in [0.25, 0.3) is 0 Å². The molecular weight excluding hydrogens is 316 g/mol. The van der Waals surface area contributed by atoms with Crippen LogP contribution in [0.3, 0.4) is 0 Å². The molecular formula is C20H20N2OS. The zero-order chi connectivity index (χ0) is 17.7. The highest BCUT2D eigenvalue weighted by atomic mass is 32.1. The van der Waals surface area contributed by atoms with Crippen LogP contribution in [0.4, 0.5) is 0 Å². The Morgan fingerprint density at radius 1 is 1.17 bits per heavy atom. The average Bonchev–Trinajstić information content (AvgIpc) is 2.55. The molecule has 0 saturated carbocycles. The summed E-state index contributed by atoms with van der Waals surface area (Å²) in [7, 11) is 0. The van der Waals surface area contributed by atoms with Crippen LogP contribution >= 0.6 is 12.2 Å². The topological polar surface area (TPSA) is 59.0 Å². The van der Waals surface area contributed by atoms with Gasteiger partial charge in [0.05, 0.1) is 5.57 Å². The Labute approximate surface area is 148 Å². The van der Waals surface area contributed by atoms with Crippen LogP contribution < -0.4 is 10.5 Å². The van der Waals surface area contributed by atoms with E-state index in [9.17, 15) is 0 Å². The Hall–Kier alpha value is -2.64. The molecule has 4 heteroatoms. The molecule has 2 rings (SSSR count). The molecule has 2 N–H and O–H groups in total. The number of nitriles is 1. The summed E-state index contributed by atoms with van der Waals surface area (Å²) < 4.78 is 5.88. The Morgan fingerprint density at radius 3 is 2.42 bits per heavy atom. The van der Waals surface area contributed by atoms with E-state index in [1.54, 1.807) is 6.08 Å². The molecule has 0 bridgehead atoms. The van der Waals surface area contributed by atoms with Crippen molar-refractivity contribution in [1.82, 2.24) is 0 Å². The number of ether oxygens (including phenoxy) is 1. The fraction of sp³-hybridized carbons (Fsp3) is 0.200. The Kier molecular flexibility index (Phi) is 5.73.